The Balaban J connectivity index is 2.93. The van der Waals surface area contributed by atoms with Gasteiger partial charge in [0.2, 0.25) is 0 Å². The van der Waals surface area contributed by atoms with Crippen LogP contribution in [0.3, 0.4) is 0 Å². The first kappa shape index (κ1) is 17.4. The van der Waals surface area contributed by atoms with E-state index < -0.39 is 22.7 Å². The summed E-state index contributed by atoms with van der Waals surface area (Å²) in [7, 11) is -4.08. The maximum absolute atomic E-state index is 12.4. The second-order valence-corrected chi connectivity index (χ2v) is 7.18. The summed E-state index contributed by atoms with van der Waals surface area (Å²) in [5, 5.41) is 4.66. The zero-order chi connectivity index (χ0) is 15.4. The van der Waals surface area contributed by atoms with Gasteiger partial charge < -0.3 is 5.32 Å². The lowest BCUT2D eigenvalue weighted by Gasteiger charge is -2.20. The van der Waals surface area contributed by atoms with Crippen molar-refractivity contribution in [2.45, 2.75) is 30.8 Å². The molecular weight excluding hydrogens is 313 g/mol. The molecule has 0 aliphatic heterocycles. The maximum Gasteiger partial charge on any atom is 0.402 e. The molecule has 9 heteroatoms. The summed E-state index contributed by atoms with van der Waals surface area (Å²) in [4.78, 5) is 0. The van der Waals surface area contributed by atoms with Crippen LogP contribution in [0.2, 0.25) is 0 Å². The summed E-state index contributed by atoms with van der Waals surface area (Å²) in [6, 6.07) is 1.42. The lowest BCUT2D eigenvalue weighted by atomic mass is 10.3. The van der Waals surface area contributed by atoms with Crippen molar-refractivity contribution in [3.05, 3.63) is 17.0 Å². The number of nitrogens with zero attached hydrogens (tertiary/aromatic N) is 1. The highest BCUT2D eigenvalue weighted by atomic mass is 32.2. The van der Waals surface area contributed by atoms with Gasteiger partial charge in [0.05, 0.1) is 0 Å². The first-order valence-electron chi connectivity index (χ1n) is 6.05. The van der Waals surface area contributed by atoms with Crippen molar-refractivity contribution in [3.8, 4) is 0 Å². The van der Waals surface area contributed by atoms with Gasteiger partial charge in [0.1, 0.15) is 10.8 Å². The predicted molar refractivity (Wildman–Crippen MR) is 72.2 cm³/mol. The fraction of sp³-hybridized carbons (Fsp3) is 0.636. The van der Waals surface area contributed by atoms with Crippen LogP contribution in [-0.4, -0.2) is 38.5 Å². The predicted octanol–water partition coefficient (Wildman–Crippen LogP) is 2.43. The Morgan fingerprint density at radius 2 is 2.00 bits per heavy atom. The molecule has 0 atom stereocenters. The lowest BCUT2D eigenvalue weighted by molar-refractivity contribution is -0.135. The van der Waals surface area contributed by atoms with E-state index in [1.165, 1.54) is 13.0 Å². The zero-order valence-corrected chi connectivity index (χ0v) is 12.8. The van der Waals surface area contributed by atoms with E-state index in [1.54, 1.807) is 5.38 Å². The number of nitrogens with one attached hydrogen (secondary N) is 1. The van der Waals surface area contributed by atoms with Crippen molar-refractivity contribution >= 4 is 21.4 Å². The van der Waals surface area contributed by atoms with Crippen LogP contribution in [0.4, 0.5) is 13.2 Å². The van der Waals surface area contributed by atoms with Crippen molar-refractivity contribution < 1.29 is 21.6 Å². The monoisotopic (exact) mass is 330 g/mol. The highest BCUT2D eigenvalue weighted by molar-refractivity contribution is 7.91. The van der Waals surface area contributed by atoms with Crippen molar-refractivity contribution in [3.63, 3.8) is 0 Å². The molecule has 4 nitrogen and oxygen atoms in total. The molecule has 0 aliphatic rings. The Morgan fingerprint density at radius 1 is 1.35 bits per heavy atom. The fourth-order valence-electron chi connectivity index (χ4n) is 1.54. The highest BCUT2D eigenvalue weighted by Gasteiger charge is 2.36. The van der Waals surface area contributed by atoms with Crippen LogP contribution in [0.1, 0.15) is 19.4 Å². The highest BCUT2D eigenvalue weighted by Crippen LogP contribution is 2.26. The third kappa shape index (κ3) is 4.72. The van der Waals surface area contributed by atoms with E-state index in [1.807, 2.05) is 6.92 Å². The van der Waals surface area contributed by atoms with Gasteiger partial charge >= 0.3 is 6.18 Å². The molecule has 0 spiro atoms. The van der Waals surface area contributed by atoms with Gasteiger partial charge in [0, 0.05) is 13.1 Å². The number of rotatable bonds is 7. The van der Waals surface area contributed by atoms with Crippen molar-refractivity contribution in [1.29, 1.82) is 0 Å². The van der Waals surface area contributed by atoms with E-state index in [4.69, 9.17) is 0 Å². The molecule has 0 unspecified atom stereocenters. The third-order valence-electron chi connectivity index (χ3n) is 2.51. The Bertz CT molecular complexity index is 526. The largest absolute Gasteiger partial charge is 0.402 e. The van der Waals surface area contributed by atoms with E-state index >= 15 is 0 Å². The second-order valence-electron chi connectivity index (χ2n) is 4.10. The van der Waals surface area contributed by atoms with Crippen molar-refractivity contribution in [2.75, 3.05) is 19.6 Å². The molecule has 0 saturated carbocycles. The molecule has 1 N–H and O–H groups in total. The summed E-state index contributed by atoms with van der Waals surface area (Å²) < 4.78 is 61.9. The first-order chi connectivity index (χ1) is 9.20. The Morgan fingerprint density at radius 3 is 2.50 bits per heavy atom. The van der Waals surface area contributed by atoms with E-state index in [0.29, 0.717) is 10.8 Å². The molecule has 0 fully saturated rings. The third-order valence-corrected chi connectivity index (χ3v) is 5.90. The zero-order valence-electron chi connectivity index (χ0n) is 11.2. The van der Waals surface area contributed by atoms with Crippen LogP contribution in [0.15, 0.2) is 15.7 Å². The van der Waals surface area contributed by atoms with Crippen LogP contribution >= 0.6 is 11.3 Å². The number of hydrogen-bond donors (Lipinski definition) is 1. The molecule has 0 aliphatic carbocycles. The molecule has 1 rings (SSSR count). The Kier molecular flexibility index (Phi) is 5.99. The second kappa shape index (κ2) is 6.88. The molecule has 0 bridgehead atoms. The average molecular weight is 330 g/mol. The van der Waals surface area contributed by atoms with Gasteiger partial charge in [0.25, 0.3) is 10.0 Å². The summed E-state index contributed by atoms with van der Waals surface area (Å²) >= 11 is 0.940. The Hall–Kier alpha value is -0.640. The lowest BCUT2D eigenvalue weighted by Crippen LogP contribution is -2.38. The minimum atomic E-state index is -4.55. The standard InChI is InChI=1S/C11H17F3N2O2S2/c1-3-15-6-9-5-10(19-7-9)20(17,18)16(4-2)8-11(12,13)14/h5,7,15H,3-4,6,8H2,1-2H3. The van der Waals surface area contributed by atoms with E-state index in [9.17, 15) is 21.6 Å². The van der Waals surface area contributed by atoms with Gasteiger partial charge in [-0.15, -0.1) is 11.3 Å². The van der Waals surface area contributed by atoms with Crippen LogP contribution in [0, 0.1) is 0 Å². The minimum Gasteiger partial charge on any atom is -0.313 e. The van der Waals surface area contributed by atoms with Gasteiger partial charge in [-0.25, -0.2) is 8.42 Å². The van der Waals surface area contributed by atoms with Crippen molar-refractivity contribution in [2.24, 2.45) is 0 Å². The van der Waals surface area contributed by atoms with E-state index in [0.717, 1.165) is 23.4 Å². The minimum absolute atomic E-state index is 0.0588. The van der Waals surface area contributed by atoms with E-state index in [2.05, 4.69) is 5.32 Å². The number of thiophene rings is 1. The molecular formula is C11H17F3N2O2S2. The average Bonchev–Trinajstić information content (AvgIpc) is 2.81. The summed E-state index contributed by atoms with van der Waals surface area (Å²) in [5.74, 6) is 0. The van der Waals surface area contributed by atoms with Gasteiger partial charge in [-0.2, -0.15) is 17.5 Å². The molecule has 1 aromatic heterocycles. The van der Waals surface area contributed by atoms with Gasteiger partial charge in [-0.3, -0.25) is 0 Å². The van der Waals surface area contributed by atoms with Crippen LogP contribution < -0.4 is 5.32 Å². The summed E-state index contributed by atoms with van der Waals surface area (Å²) in [6.07, 6.45) is -4.55. The molecule has 0 radical (unpaired) electrons. The number of alkyl halides is 3. The molecule has 0 saturated heterocycles. The fourth-order valence-corrected chi connectivity index (χ4v) is 4.34. The van der Waals surface area contributed by atoms with Gasteiger partial charge in [-0.05, 0) is 23.6 Å². The van der Waals surface area contributed by atoms with Crippen LogP contribution in [0.5, 0.6) is 0 Å². The number of hydrogen-bond acceptors (Lipinski definition) is 4. The smallest absolute Gasteiger partial charge is 0.313 e. The van der Waals surface area contributed by atoms with Crippen LogP contribution in [0.25, 0.3) is 0 Å². The van der Waals surface area contributed by atoms with Crippen molar-refractivity contribution in [1.82, 2.24) is 9.62 Å². The quantitative estimate of drug-likeness (QED) is 0.835. The molecule has 1 heterocycles. The van der Waals surface area contributed by atoms with Gasteiger partial charge in [-0.1, -0.05) is 13.8 Å². The maximum atomic E-state index is 12.4. The Labute approximate surface area is 120 Å². The first-order valence-corrected chi connectivity index (χ1v) is 8.37. The SMILES string of the molecule is CCNCc1csc(S(=O)(=O)N(CC)CC(F)(F)F)c1. The summed E-state index contributed by atoms with van der Waals surface area (Å²) in [5.41, 5.74) is 0.749. The normalized spacial score (nSPS) is 13.1. The van der Waals surface area contributed by atoms with Gasteiger partial charge in [0.15, 0.2) is 0 Å². The number of halogens is 3. The van der Waals surface area contributed by atoms with Crippen LogP contribution in [-0.2, 0) is 16.6 Å². The van der Waals surface area contributed by atoms with E-state index in [-0.39, 0.29) is 10.8 Å². The molecule has 0 aromatic carbocycles. The topological polar surface area (TPSA) is 49.4 Å². The molecule has 0 amide bonds. The summed E-state index contributed by atoms with van der Waals surface area (Å²) in [6.45, 7) is 2.83. The number of sulfonamides is 1. The molecule has 116 valence electrons. The molecule has 20 heavy (non-hydrogen) atoms. The molecule has 1 aromatic rings.